The van der Waals surface area contributed by atoms with Crippen LogP contribution in [0, 0.1) is 0 Å². The van der Waals surface area contributed by atoms with Crippen LogP contribution in [0.25, 0.3) is 5.69 Å². The van der Waals surface area contributed by atoms with Crippen molar-refractivity contribution in [1.82, 2.24) is 25.1 Å². The van der Waals surface area contributed by atoms with Gasteiger partial charge in [0.2, 0.25) is 0 Å². The Kier molecular flexibility index (Phi) is 3.94. The van der Waals surface area contributed by atoms with Crippen molar-refractivity contribution >= 4 is 5.91 Å². The number of amides is 1. The highest BCUT2D eigenvalue weighted by Crippen LogP contribution is 2.35. The van der Waals surface area contributed by atoms with E-state index >= 15 is 0 Å². The molecule has 1 aromatic heterocycles. The molecule has 0 saturated heterocycles. The summed E-state index contributed by atoms with van der Waals surface area (Å²) < 4.78 is 1.68. The highest BCUT2D eigenvalue weighted by atomic mass is 16.2. The molecule has 6 nitrogen and oxygen atoms in total. The minimum atomic E-state index is -0.392. The second-order valence-corrected chi connectivity index (χ2v) is 6.70. The number of hydrogen-bond acceptors (Lipinski definition) is 4. The minimum absolute atomic E-state index is 0.0550. The molecule has 6 heteroatoms. The summed E-state index contributed by atoms with van der Waals surface area (Å²) in [5.41, 5.74) is 3.31. The third kappa shape index (κ3) is 2.66. The van der Waals surface area contributed by atoms with Crippen LogP contribution in [0.2, 0.25) is 0 Å². The van der Waals surface area contributed by atoms with E-state index in [0.29, 0.717) is 23.6 Å². The lowest BCUT2D eigenvalue weighted by Crippen LogP contribution is -2.34. The van der Waals surface area contributed by atoms with E-state index in [1.54, 1.807) is 4.68 Å². The maximum atomic E-state index is 13.6. The van der Waals surface area contributed by atoms with Crippen LogP contribution in [0.15, 0.2) is 84.9 Å². The van der Waals surface area contributed by atoms with Crippen molar-refractivity contribution in [2.75, 3.05) is 0 Å². The van der Waals surface area contributed by atoms with Gasteiger partial charge in [0.25, 0.3) is 5.91 Å². The molecule has 0 saturated carbocycles. The largest absolute Gasteiger partial charge is 0.320 e. The molecule has 3 aromatic carbocycles. The third-order valence-electron chi connectivity index (χ3n) is 4.98. The van der Waals surface area contributed by atoms with E-state index in [0.717, 1.165) is 11.1 Å². The van der Waals surface area contributed by atoms with Crippen LogP contribution in [-0.2, 0) is 6.54 Å². The van der Waals surface area contributed by atoms with E-state index in [1.165, 1.54) is 0 Å². The molecule has 2 heterocycles. The Balaban J connectivity index is 1.73. The van der Waals surface area contributed by atoms with E-state index in [2.05, 4.69) is 15.5 Å². The van der Waals surface area contributed by atoms with Gasteiger partial charge in [-0.15, -0.1) is 5.10 Å². The fraction of sp³-hybridized carbons (Fsp3) is 0.0909. The van der Waals surface area contributed by atoms with Gasteiger partial charge >= 0.3 is 0 Å². The summed E-state index contributed by atoms with van der Waals surface area (Å²) in [5.74, 6) is 0.570. The number of para-hydroxylation sites is 1. The number of hydrogen-bond donors (Lipinski definition) is 0. The Bertz CT molecular complexity index is 1120. The van der Waals surface area contributed by atoms with Crippen molar-refractivity contribution in [3.8, 4) is 5.69 Å². The zero-order chi connectivity index (χ0) is 18.9. The number of nitrogens with zero attached hydrogens (tertiary/aromatic N) is 5. The Morgan fingerprint density at radius 1 is 0.821 bits per heavy atom. The number of rotatable bonds is 3. The van der Waals surface area contributed by atoms with Crippen molar-refractivity contribution in [3.05, 3.63) is 107 Å². The Labute approximate surface area is 162 Å². The molecular weight excluding hydrogens is 350 g/mol. The maximum absolute atomic E-state index is 13.6. The third-order valence-corrected chi connectivity index (χ3v) is 4.98. The molecule has 1 unspecified atom stereocenters. The van der Waals surface area contributed by atoms with Gasteiger partial charge in [0.05, 0.1) is 11.3 Å². The molecule has 0 fully saturated rings. The Hall–Kier alpha value is -3.80. The molecular formula is C22H17N5O. The Morgan fingerprint density at radius 2 is 1.50 bits per heavy atom. The zero-order valence-electron chi connectivity index (χ0n) is 15.0. The smallest absolute Gasteiger partial charge is 0.257 e. The molecule has 1 aliphatic heterocycles. The fourth-order valence-electron chi connectivity index (χ4n) is 3.69. The number of carbonyl (C=O) groups is 1. The lowest BCUT2D eigenvalue weighted by atomic mass is 10.0. The highest BCUT2D eigenvalue weighted by Gasteiger charge is 2.36. The van der Waals surface area contributed by atoms with Gasteiger partial charge in [-0.1, -0.05) is 72.8 Å². The number of tetrazole rings is 1. The van der Waals surface area contributed by atoms with Crippen LogP contribution in [-0.4, -0.2) is 31.0 Å². The quantitative estimate of drug-likeness (QED) is 0.557. The minimum Gasteiger partial charge on any atom is -0.320 e. The zero-order valence-corrected chi connectivity index (χ0v) is 15.0. The summed E-state index contributed by atoms with van der Waals surface area (Å²) in [6, 6.07) is 26.9. The second-order valence-electron chi connectivity index (χ2n) is 6.70. The molecule has 5 rings (SSSR count). The first-order valence-electron chi connectivity index (χ1n) is 9.10. The van der Waals surface area contributed by atoms with Crippen molar-refractivity contribution in [2.45, 2.75) is 12.6 Å². The summed E-state index contributed by atoms with van der Waals surface area (Å²) >= 11 is 0. The molecule has 0 bridgehead atoms. The van der Waals surface area contributed by atoms with Gasteiger partial charge in [0.15, 0.2) is 5.82 Å². The number of fused-ring (bicyclic) bond motifs is 3. The van der Waals surface area contributed by atoms with Crippen molar-refractivity contribution < 1.29 is 4.79 Å². The molecule has 0 spiro atoms. The molecule has 0 aliphatic carbocycles. The number of benzene rings is 3. The predicted molar refractivity (Wildman–Crippen MR) is 104 cm³/mol. The SMILES string of the molecule is O=C1c2ccccc2-n2nnnc2C(c2ccccc2)N1Cc1ccccc1. The van der Waals surface area contributed by atoms with Crippen molar-refractivity contribution in [1.29, 1.82) is 0 Å². The summed E-state index contributed by atoms with van der Waals surface area (Å²) in [4.78, 5) is 15.5. The molecule has 1 amide bonds. The van der Waals surface area contributed by atoms with Crippen LogP contribution >= 0.6 is 0 Å². The number of carbonyl (C=O) groups excluding carboxylic acids is 1. The van der Waals surface area contributed by atoms with Gasteiger partial charge < -0.3 is 4.90 Å². The first-order chi connectivity index (χ1) is 13.8. The van der Waals surface area contributed by atoms with E-state index in [1.807, 2.05) is 89.8 Å². The van der Waals surface area contributed by atoms with Crippen molar-refractivity contribution in [2.24, 2.45) is 0 Å². The van der Waals surface area contributed by atoms with Gasteiger partial charge in [0.1, 0.15) is 6.04 Å². The van der Waals surface area contributed by atoms with E-state index < -0.39 is 6.04 Å². The topological polar surface area (TPSA) is 63.9 Å². The summed E-state index contributed by atoms with van der Waals surface area (Å²) in [5, 5.41) is 12.4. The monoisotopic (exact) mass is 367 g/mol. The van der Waals surface area contributed by atoms with Gasteiger partial charge in [-0.2, -0.15) is 4.68 Å². The second kappa shape index (κ2) is 6.74. The average Bonchev–Trinajstić information content (AvgIpc) is 3.20. The van der Waals surface area contributed by atoms with E-state index in [-0.39, 0.29) is 5.91 Å². The van der Waals surface area contributed by atoms with Gasteiger partial charge in [-0.3, -0.25) is 4.79 Å². The average molecular weight is 367 g/mol. The van der Waals surface area contributed by atoms with Crippen LogP contribution in [0.1, 0.15) is 33.4 Å². The summed E-state index contributed by atoms with van der Waals surface area (Å²) in [6.45, 7) is 0.459. The summed E-state index contributed by atoms with van der Waals surface area (Å²) in [6.07, 6.45) is 0. The first kappa shape index (κ1) is 16.4. The van der Waals surface area contributed by atoms with Crippen LogP contribution in [0.4, 0.5) is 0 Å². The molecule has 0 radical (unpaired) electrons. The van der Waals surface area contributed by atoms with Crippen LogP contribution < -0.4 is 0 Å². The lowest BCUT2D eigenvalue weighted by Gasteiger charge is -2.29. The standard InChI is InChI=1S/C22H17N5O/c28-22-18-13-7-8-14-19(18)27-21(23-24-25-27)20(17-11-5-2-6-12-17)26(22)15-16-9-3-1-4-10-16/h1-14,20H,15H2. The van der Waals surface area contributed by atoms with E-state index in [4.69, 9.17) is 0 Å². The highest BCUT2D eigenvalue weighted by molar-refractivity contribution is 5.98. The Morgan fingerprint density at radius 3 is 2.29 bits per heavy atom. The summed E-state index contributed by atoms with van der Waals surface area (Å²) in [7, 11) is 0. The predicted octanol–water partition coefficient (Wildman–Crippen LogP) is 3.41. The maximum Gasteiger partial charge on any atom is 0.257 e. The molecule has 4 aromatic rings. The first-order valence-corrected chi connectivity index (χ1v) is 9.10. The normalized spacial score (nSPS) is 15.6. The van der Waals surface area contributed by atoms with Gasteiger partial charge in [-0.25, -0.2) is 0 Å². The van der Waals surface area contributed by atoms with Crippen LogP contribution in [0.3, 0.4) is 0 Å². The molecule has 0 N–H and O–H groups in total. The van der Waals surface area contributed by atoms with Gasteiger partial charge in [0, 0.05) is 6.54 Å². The molecule has 1 atom stereocenters. The molecule has 1 aliphatic rings. The van der Waals surface area contributed by atoms with Crippen LogP contribution in [0.5, 0.6) is 0 Å². The van der Waals surface area contributed by atoms with E-state index in [9.17, 15) is 4.79 Å². The fourth-order valence-corrected chi connectivity index (χ4v) is 3.69. The van der Waals surface area contributed by atoms with Crippen molar-refractivity contribution in [3.63, 3.8) is 0 Å². The van der Waals surface area contributed by atoms with Gasteiger partial charge in [-0.05, 0) is 33.7 Å². The molecule has 28 heavy (non-hydrogen) atoms. The lowest BCUT2D eigenvalue weighted by molar-refractivity contribution is 0.0690. The number of aromatic nitrogens is 4. The molecule has 136 valence electrons.